The van der Waals surface area contributed by atoms with Gasteiger partial charge in [-0.15, -0.1) is 0 Å². The third-order valence-corrected chi connectivity index (χ3v) is 6.00. The smallest absolute Gasteiger partial charge is 0.253 e. The van der Waals surface area contributed by atoms with Crippen LogP contribution >= 0.6 is 0 Å². The average Bonchev–Trinajstić information content (AvgIpc) is 3.32. The summed E-state index contributed by atoms with van der Waals surface area (Å²) >= 11 is 0. The first-order valence-electron chi connectivity index (χ1n) is 11.7. The van der Waals surface area contributed by atoms with Crippen molar-refractivity contribution in [3.8, 4) is 0 Å². The fraction of sp³-hybridized carbons (Fsp3) is 0.138. The lowest BCUT2D eigenvalue weighted by Gasteiger charge is -2.15. The van der Waals surface area contributed by atoms with E-state index in [1.54, 1.807) is 6.07 Å². The first-order valence-corrected chi connectivity index (χ1v) is 11.7. The number of imidazole rings is 1. The molecule has 0 aliphatic heterocycles. The highest BCUT2D eigenvalue weighted by Gasteiger charge is 2.23. The number of carbonyl (C=O) groups excluding carboxylic acids is 2. The van der Waals surface area contributed by atoms with E-state index >= 15 is 0 Å². The van der Waals surface area contributed by atoms with E-state index in [4.69, 9.17) is 4.98 Å². The van der Waals surface area contributed by atoms with E-state index in [1.807, 2.05) is 72.8 Å². The molecule has 0 atom stereocenters. The van der Waals surface area contributed by atoms with E-state index in [0.29, 0.717) is 47.5 Å². The van der Waals surface area contributed by atoms with Crippen LogP contribution in [0.5, 0.6) is 0 Å². The fourth-order valence-electron chi connectivity index (χ4n) is 4.22. The number of amides is 1. The van der Waals surface area contributed by atoms with Crippen LogP contribution in [0.25, 0.3) is 16.6 Å². The number of benzene rings is 3. The summed E-state index contributed by atoms with van der Waals surface area (Å²) in [5.74, 6) is 0.256. The van der Waals surface area contributed by atoms with E-state index in [-0.39, 0.29) is 11.7 Å². The van der Waals surface area contributed by atoms with Crippen molar-refractivity contribution in [1.29, 1.82) is 0 Å². The number of hydrogen-bond acceptors (Lipinski definition) is 4. The minimum atomic E-state index is -0.206. The van der Waals surface area contributed by atoms with E-state index < -0.39 is 0 Å². The van der Waals surface area contributed by atoms with Gasteiger partial charge in [0, 0.05) is 25.2 Å². The number of nitrogens with one attached hydrogen (secondary N) is 3. The molecule has 3 aromatic carbocycles. The largest absolute Gasteiger partial charge is 0.384 e. The normalized spacial score (nSPS) is 13.3. The maximum Gasteiger partial charge on any atom is 0.253 e. The molecule has 3 N–H and O–H groups in total. The Morgan fingerprint density at radius 2 is 1.66 bits per heavy atom. The fourth-order valence-corrected chi connectivity index (χ4v) is 4.22. The zero-order chi connectivity index (χ0) is 24.0. The van der Waals surface area contributed by atoms with E-state index in [1.165, 1.54) is 5.56 Å². The number of hydrogen-bond donors (Lipinski definition) is 3. The Hall–Kier alpha value is -4.45. The summed E-state index contributed by atoms with van der Waals surface area (Å²) in [6.45, 7) is 1.12. The van der Waals surface area contributed by atoms with Crippen LogP contribution in [0.3, 0.4) is 0 Å². The molecule has 6 nitrogen and oxygen atoms in total. The van der Waals surface area contributed by atoms with E-state index in [2.05, 4.69) is 27.8 Å². The van der Waals surface area contributed by atoms with Gasteiger partial charge >= 0.3 is 0 Å². The van der Waals surface area contributed by atoms with E-state index in [0.717, 1.165) is 17.7 Å². The Kier molecular flexibility index (Phi) is 6.52. The summed E-state index contributed by atoms with van der Waals surface area (Å²) in [4.78, 5) is 33.8. The first-order chi connectivity index (χ1) is 17.2. The highest BCUT2D eigenvalue weighted by atomic mass is 16.1. The predicted octanol–water partition coefficient (Wildman–Crippen LogP) is 4.57. The van der Waals surface area contributed by atoms with Gasteiger partial charge in [-0.25, -0.2) is 4.98 Å². The first kappa shape index (κ1) is 22.3. The van der Waals surface area contributed by atoms with Crippen LogP contribution in [0, 0.1) is 0 Å². The predicted molar refractivity (Wildman–Crippen MR) is 138 cm³/mol. The molecular weight excluding hydrogens is 436 g/mol. The molecule has 5 rings (SSSR count). The van der Waals surface area contributed by atoms with Gasteiger partial charge in [0.25, 0.3) is 5.91 Å². The summed E-state index contributed by atoms with van der Waals surface area (Å²) in [6, 6.07) is 25.4. The summed E-state index contributed by atoms with van der Waals surface area (Å²) in [5, 5.41) is 6.36. The van der Waals surface area contributed by atoms with Gasteiger partial charge in [0.05, 0.1) is 16.7 Å². The summed E-state index contributed by atoms with van der Waals surface area (Å²) < 4.78 is 0. The van der Waals surface area contributed by atoms with Crippen molar-refractivity contribution in [2.24, 2.45) is 0 Å². The number of H-pyrrole nitrogens is 1. The second-order valence-corrected chi connectivity index (χ2v) is 8.44. The quantitative estimate of drug-likeness (QED) is 0.358. The number of fused-ring (bicyclic) bond motifs is 1. The van der Waals surface area contributed by atoms with Crippen LogP contribution < -0.4 is 10.6 Å². The maximum absolute atomic E-state index is 13.0. The van der Waals surface area contributed by atoms with Gasteiger partial charge in [-0.1, -0.05) is 72.8 Å². The lowest BCUT2D eigenvalue weighted by atomic mass is 10.00. The average molecular weight is 463 g/mol. The molecule has 0 fully saturated rings. The van der Waals surface area contributed by atoms with Crippen LogP contribution in [0.2, 0.25) is 0 Å². The van der Waals surface area contributed by atoms with Crippen molar-refractivity contribution < 1.29 is 9.59 Å². The number of Topliss-reactive ketones (excluding diaryl/α,β-unsaturated/α-hetero) is 1. The van der Waals surface area contributed by atoms with Crippen molar-refractivity contribution in [3.63, 3.8) is 0 Å². The third kappa shape index (κ3) is 5.06. The van der Waals surface area contributed by atoms with Crippen molar-refractivity contribution in [3.05, 3.63) is 119 Å². The van der Waals surface area contributed by atoms with Crippen LogP contribution in [0.1, 0.15) is 33.7 Å². The molecule has 1 amide bonds. The Morgan fingerprint density at radius 1 is 0.914 bits per heavy atom. The monoisotopic (exact) mass is 462 g/mol. The van der Waals surface area contributed by atoms with Gasteiger partial charge in [-0.3, -0.25) is 9.59 Å². The molecular formula is C29H26N4O2. The minimum Gasteiger partial charge on any atom is -0.384 e. The van der Waals surface area contributed by atoms with Crippen molar-refractivity contribution >= 4 is 28.3 Å². The summed E-state index contributed by atoms with van der Waals surface area (Å²) in [5.41, 5.74) is 5.24. The number of para-hydroxylation sites is 1. The van der Waals surface area contributed by atoms with Gasteiger partial charge in [0.1, 0.15) is 11.3 Å². The molecule has 1 heterocycles. The van der Waals surface area contributed by atoms with E-state index in [9.17, 15) is 9.59 Å². The molecule has 0 bridgehead atoms. The minimum absolute atomic E-state index is 0.0103. The number of aromatic nitrogens is 2. The molecule has 35 heavy (non-hydrogen) atoms. The summed E-state index contributed by atoms with van der Waals surface area (Å²) in [6.07, 6.45) is 4.95. The second kappa shape index (κ2) is 10.2. The highest BCUT2D eigenvalue weighted by molar-refractivity contribution is 6.23. The topological polar surface area (TPSA) is 86.9 Å². The molecule has 174 valence electrons. The standard InChI is InChI=1S/C29H26N4O2/c34-25-16-8-14-23(30-18-17-20-9-3-1-4-10-20)26(25)28-32-24-15-7-13-22(27(24)33-28)29(35)31-19-21-11-5-2-6-12-21/h1-15,30H,16-19H2,(H,31,35)(H,32,33). The van der Waals surface area contributed by atoms with Gasteiger partial charge in [-0.2, -0.15) is 0 Å². The van der Waals surface area contributed by atoms with Crippen LogP contribution in [0.15, 0.2) is 96.7 Å². The molecule has 4 aromatic rings. The van der Waals surface area contributed by atoms with Crippen molar-refractivity contribution in [1.82, 2.24) is 20.6 Å². The molecule has 0 saturated heterocycles. The number of aromatic amines is 1. The zero-order valence-corrected chi connectivity index (χ0v) is 19.3. The molecule has 6 heteroatoms. The Bertz CT molecular complexity index is 1420. The third-order valence-electron chi connectivity index (χ3n) is 6.00. The molecule has 1 aliphatic rings. The lowest BCUT2D eigenvalue weighted by Crippen LogP contribution is -2.23. The Morgan fingerprint density at radius 3 is 2.43 bits per heavy atom. The summed E-state index contributed by atoms with van der Waals surface area (Å²) in [7, 11) is 0. The molecule has 0 unspecified atom stereocenters. The number of allylic oxidation sites excluding steroid dienone is 3. The molecule has 0 radical (unpaired) electrons. The van der Waals surface area contributed by atoms with Crippen LogP contribution in [-0.2, 0) is 17.8 Å². The maximum atomic E-state index is 13.0. The number of nitrogens with zero attached hydrogens (tertiary/aromatic N) is 1. The molecule has 0 spiro atoms. The molecule has 1 aromatic heterocycles. The Balaban J connectivity index is 1.40. The van der Waals surface area contributed by atoms with Gasteiger partial charge < -0.3 is 15.6 Å². The zero-order valence-electron chi connectivity index (χ0n) is 19.3. The van der Waals surface area contributed by atoms with Crippen LogP contribution in [0.4, 0.5) is 0 Å². The van der Waals surface area contributed by atoms with Crippen molar-refractivity contribution in [2.75, 3.05) is 6.54 Å². The highest BCUT2D eigenvalue weighted by Crippen LogP contribution is 2.26. The lowest BCUT2D eigenvalue weighted by molar-refractivity contribution is -0.113. The van der Waals surface area contributed by atoms with Gasteiger partial charge in [0.15, 0.2) is 5.78 Å². The van der Waals surface area contributed by atoms with Crippen molar-refractivity contribution in [2.45, 2.75) is 19.4 Å². The molecule has 1 aliphatic carbocycles. The Labute approximate surface area is 203 Å². The van der Waals surface area contributed by atoms with Crippen LogP contribution in [-0.4, -0.2) is 28.2 Å². The molecule has 0 saturated carbocycles. The number of ketones is 1. The van der Waals surface area contributed by atoms with Gasteiger partial charge in [0.2, 0.25) is 0 Å². The van der Waals surface area contributed by atoms with Gasteiger partial charge in [-0.05, 0) is 35.8 Å². The second-order valence-electron chi connectivity index (χ2n) is 8.44. The SMILES string of the molecule is O=C1CC=CC(NCCc2ccccc2)=C1c1nc2c(C(=O)NCc3ccccc3)cccc2[nH]1. The number of rotatable bonds is 8. The number of carbonyl (C=O) groups is 2.